The van der Waals surface area contributed by atoms with Crippen molar-refractivity contribution in [1.82, 2.24) is 4.98 Å². The van der Waals surface area contributed by atoms with E-state index >= 15 is 0 Å². The lowest BCUT2D eigenvalue weighted by Crippen LogP contribution is -2.30. The molecule has 0 saturated carbocycles. The van der Waals surface area contributed by atoms with Crippen molar-refractivity contribution in [2.75, 3.05) is 17.3 Å². The maximum atomic E-state index is 12.4. The summed E-state index contributed by atoms with van der Waals surface area (Å²) in [4.78, 5) is 19.2. The van der Waals surface area contributed by atoms with Gasteiger partial charge in [-0.05, 0) is 49.7 Å². The van der Waals surface area contributed by atoms with Gasteiger partial charge in [0.15, 0.2) is 0 Å². The summed E-state index contributed by atoms with van der Waals surface area (Å²) < 4.78 is 5.17. The van der Waals surface area contributed by atoms with E-state index in [0.717, 1.165) is 12.4 Å². The summed E-state index contributed by atoms with van der Waals surface area (Å²) in [6.45, 7) is 5.06. The minimum Gasteiger partial charge on any atom is -0.497 e. The second-order valence-electron chi connectivity index (χ2n) is 6.80. The third-order valence-corrected chi connectivity index (χ3v) is 4.45. The van der Waals surface area contributed by atoms with Crippen LogP contribution in [-0.4, -0.2) is 24.0 Å². The lowest BCUT2D eigenvalue weighted by atomic mass is 10.2. The van der Waals surface area contributed by atoms with Crippen molar-refractivity contribution < 1.29 is 9.53 Å². The van der Waals surface area contributed by atoms with E-state index in [0.29, 0.717) is 23.0 Å². The molecule has 1 heterocycles. The highest BCUT2D eigenvalue weighted by atomic mass is 16.5. The number of anilines is 2. The Kier molecular flexibility index (Phi) is 6.27. The predicted molar refractivity (Wildman–Crippen MR) is 113 cm³/mol. The van der Waals surface area contributed by atoms with Gasteiger partial charge in [-0.1, -0.05) is 36.4 Å². The zero-order valence-electron chi connectivity index (χ0n) is 16.4. The summed E-state index contributed by atoms with van der Waals surface area (Å²) in [5.41, 5.74) is 2.42. The lowest BCUT2D eigenvalue weighted by Gasteiger charge is -2.28. The van der Waals surface area contributed by atoms with E-state index in [-0.39, 0.29) is 5.91 Å². The number of benzene rings is 2. The molecule has 1 N–H and O–H groups in total. The van der Waals surface area contributed by atoms with Crippen molar-refractivity contribution in [3.8, 4) is 5.75 Å². The molecule has 2 aromatic carbocycles. The third kappa shape index (κ3) is 4.88. The smallest absolute Gasteiger partial charge is 0.255 e. The number of nitrogens with zero attached hydrogens (tertiary/aromatic N) is 2. The first-order valence-corrected chi connectivity index (χ1v) is 9.29. The van der Waals surface area contributed by atoms with Crippen LogP contribution in [0.5, 0.6) is 5.75 Å². The average molecular weight is 375 g/mol. The number of methoxy groups -OCH3 is 1. The first-order chi connectivity index (χ1) is 13.6. The highest BCUT2D eigenvalue weighted by Crippen LogP contribution is 2.20. The van der Waals surface area contributed by atoms with Crippen LogP contribution in [0.2, 0.25) is 0 Å². The Morgan fingerprint density at radius 1 is 1.07 bits per heavy atom. The summed E-state index contributed by atoms with van der Waals surface area (Å²) in [6.07, 6.45) is 1.69. The Labute approximate surface area is 166 Å². The number of carbonyl (C=O) groups is 1. The molecule has 1 aromatic heterocycles. The maximum Gasteiger partial charge on any atom is 0.255 e. The molecule has 0 saturated heterocycles. The Balaban J connectivity index is 1.71. The zero-order valence-corrected chi connectivity index (χ0v) is 16.4. The molecule has 0 aliphatic rings. The fourth-order valence-corrected chi connectivity index (χ4v) is 2.91. The molecule has 0 bridgehead atoms. The van der Waals surface area contributed by atoms with Gasteiger partial charge in [0.2, 0.25) is 0 Å². The first kappa shape index (κ1) is 19.4. The molecular formula is C23H25N3O2. The van der Waals surface area contributed by atoms with Crippen LogP contribution >= 0.6 is 0 Å². The number of hydrogen-bond acceptors (Lipinski definition) is 4. The van der Waals surface area contributed by atoms with Crippen LogP contribution in [0.4, 0.5) is 11.5 Å². The Bertz CT molecular complexity index is 909. The molecule has 3 rings (SSSR count). The van der Waals surface area contributed by atoms with Crippen LogP contribution in [0.15, 0.2) is 72.9 Å². The number of hydrogen-bond donors (Lipinski definition) is 1. The van der Waals surface area contributed by atoms with Gasteiger partial charge in [0, 0.05) is 18.2 Å². The van der Waals surface area contributed by atoms with Gasteiger partial charge < -0.3 is 15.0 Å². The summed E-state index contributed by atoms with van der Waals surface area (Å²) in [5, 5.41) is 2.88. The largest absolute Gasteiger partial charge is 0.497 e. The second kappa shape index (κ2) is 9.04. The van der Waals surface area contributed by atoms with E-state index in [1.165, 1.54) is 5.56 Å². The van der Waals surface area contributed by atoms with Crippen LogP contribution in [-0.2, 0) is 6.54 Å². The van der Waals surface area contributed by atoms with Crippen molar-refractivity contribution in [3.05, 3.63) is 84.1 Å². The standard InChI is InChI=1S/C23H25N3O2/c1-17(2)26(16-18-8-5-4-6-9-18)22-13-12-20(15-24-22)25-23(27)19-10-7-11-21(14-19)28-3/h4-15,17H,16H2,1-3H3,(H,25,27). The molecule has 0 fully saturated rings. The van der Waals surface area contributed by atoms with Crippen molar-refractivity contribution in [3.63, 3.8) is 0 Å². The zero-order chi connectivity index (χ0) is 19.9. The first-order valence-electron chi connectivity index (χ1n) is 9.29. The highest BCUT2D eigenvalue weighted by Gasteiger charge is 2.13. The van der Waals surface area contributed by atoms with Gasteiger partial charge in [0.05, 0.1) is 19.0 Å². The molecule has 0 aliphatic heterocycles. The molecule has 3 aromatic rings. The monoisotopic (exact) mass is 375 g/mol. The molecule has 0 unspecified atom stereocenters. The number of nitrogens with one attached hydrogen (secondary N) is 1. The van der Waals surface area contributed by atoms with E-state index < -0.39 is 0 Å². The van der Waals surface area contributed by atoms with E-state index in [2.05, 4.69) is 41.2 Å². The van der Waals surface area contributed by atoms with Crippen LogP contribution in [0.3, 0.4) is 0 Å². The van der Waals surface area contributed by atoms with Gasteiger partial charge in [-0.2, -0.15) is 0 Å². The molecular weight excluding hydrogens is 350 g/mol. The topological polar surface area (TPSA) is 54.5 Å². The van der Waals surface area contributed by atoms with Gasteiger partial charge >= 0.3 is 0 Å². The van der Waals surface area contributed by atoms with Crippen LogP contribution in [0.25, 0.3) is 0 Å². The van der Waals surface area contributed by atoms with Crippen molar-refractivity contribution in [2.45, 2.75) is 26.4 Å². The molecule has 0 atom stereocenters. The van der Waals surface area contributed by atoms with Gasteiger partial charge in [0.25, 0.3) is 5.91 Å². The summed E-state index contributed by atoms with van der Waals surface area (Å²) >= 11 is 0. The Hall–Kier alpha value is -3.34. The Morgan fingerprint density at radius 3 is 2.50 bits per heavy atom. The Morgan fingerprint density at radius 2 is 1.86 bits per heavy atom. The molecule has 0 radical (unpaired) electrons. The quantitative estimate of drug-likeness (QED) is 0.647. The number of amides is 1. The summed E-state index contributed by atoms with van der Waals surface area (Å²) in [5.74, 6) is 1.33. The van der Waals surface area contributed by atoms with Crippen molar-refractivity contribution >= 4 is 17.4 Å². The van der Waals surface area contributed by atoms with E-state index in [4.69, 9.17) is 4.74 Å². The van der Waals surface area contributed by atoms with Gasteiger partial charge in [0.1, 0.15) is 11.6 Å². The minimum atomic E-state index is -0.196. The SMILES string of the molecule is COc1cccc(C(=O)Nc2ccc(N(Cc3ccccc3)C(C)C)nc2)c1. The molecule has 144 valence electrons. The number of aromatic nitrogens is 1. The molecule has 5 nitrogen and oxygen atoms in total. The van der Waals surface area contributed by atoms with Crippen LogP contribution < -0.4 is 15.0 Å². The third-order valence-electron chi connectivity index (χ3n) is 4.45. The number of rotatable bonds is 7. The summed E-state index contributed by atoms with van der Waals surface area (Å²) in [7, 11) is 1.58. The number of ether oxygens (including phenoxy) is 1. The van der Waals surface area contributed by atoms with E-state index in [9.17, 15) is 4.79 Å². The molecule has 0 spiro atoms. The highest BCUT2D eigenvalue weighted by molar-refractivity contribution is 6.04. The summed E-state index contributed by atoms with van der Waals surface area (Å²) in [6, 6.07) is 21.5. The van der Waals surface area contributed by atoms with Crippen molar-refractivity contribution in [1.29, 1.82) is 0 Å². The average Bonchev–Trinajstić information content (AvgIpc) is 2.73. The second-order valence-corrected chi connectivity index (χ2v) is 6.80. The van der Waals surface area contributed by atoms with Gasteiger partial charge in [-0.15, -0.1) is 0 Å². The van der Waals surface area contributed by atoms with Crippen molar-refractivity contribution in [2.24, 2.45) is 0 Å². The van der Waals surface area contributed by atoms with Gasteiger partial charge in [-0.3, -0.25) is 4.79 Å². The normalized spacial score (nSPS) is 10.6. The van der Waals surface area contributed by atoms with E-state index in [1.807, 2.05) is 30.3 Å². The fourth-order valence-electron chi connectivity index (χ4n) is 2.91. The minimum absolute atomic E-state index is 0.196. The lowest BCUT2D eigenvalue weighted by molar-refractivity contribution is 0.102. The predicted octanol–water partition coefficient (Wildman–Crippen LogP) is 4.76. The van der Waals surface area contributed by atoms with Gasteiger partial charge in [-0.25, -0.2) is 4.98 Å². The van der Waals surface area contributed by atoms with Crippen LogP contribution in [0.1, 0.15) is 29.8 Å². The molecule has 1 amide bonds. The molecule has 5 heteroatoms. The molecule has 28 heavy (non-hydrogen) atoms. The maximum absolute atomic E-state index is 12.4. The number of pyridine rings is 1. The number of carbonyl (C=O) groups excluding carboxylic acids is 1. The van der Waals surface area contributed by atoms with Crippen LogP contribution in [0, 0.1) is 0 Å². The molecule has 0 aliphatic carbocycles. The van der Waals surface area contributed by atoms with E-state index in [1.54, 1.807) is 37.6 Å². The fraction of sp³-hybridized carbons (Fsp3) is 0.217.